The third-order valence-electron chi connectivity index (χ3n) is 3.73. The highest BCUT2D eigenvalue weighted by atomic mass is 79.9. The summed E-state index contributed by atoms with van der Waals surface area (Å²) < 4.78 is 0.953. The van der Waals surface area contributed by atoms with E-state index in [0.717, 1.165) is 15.7 Å². The maximum absolute atomic E-state index is 12.5. The van der Waals surface area contributed by atoms with Gasteiger partial charge in [-0.15, -0.1) is 0 Å². The maximum Gasteiger partial charge on any atom is 0.271 e. The molecule has 1 heterocycles. The van der Waals surface area contributed by atoms with Crippen LogP contribution >= 0.6 is 15.9 Å². The van der Waals surface area contributed by atoms with Crippen molar-refractivity contribution in [3.63, 3.8) is 0 Å². The van der Waals surface area contributed by atoms with Gasteiger partial charge >= 0.3 is 0 Å². The molecule has 24 heavy (non-hydrogen) atoms. The molecule has 6 heteroatoms. The highest BCUT2D eigenvalue weighted by Gasteiger charge is 2.25. The molecule has 2 aromatic carbocycles. The molecular weight excluding hydrogens is 370 g/mol. The van der Waals surface area contributed by atoms with Crippen molar-refractivity contribution in [2.75, 3.05) is 10.3 Å². The minimum Gasteiger partial charge on any atom is -0.321 e. The summed E-state index contributed by atoms with van der Waals surface area (Å²) in [5, 5.41) is 8.42. The van der Waals surface area contributed by atoms with Crippen LogP contribution in [0.15, 0.2) is 58.1 Å². The predicted molar refractivity (Wildman–Crippen MR) is 98.1 cm³/mol. The molecule has 0 aliphatic carbocycles. The number of halogens is 1. The smallest absolute Gasteiger partial charge is 0.271 e. The van der Waals surface area contributed by atoms with Gasteiger partial charge in [-0.3, -0.25) is 9.59 Å². The third-order valence-corrected chi connectivity index (χ3v) is 4.23. The van der Waals surface area contributed by atoms with Crippen LogP contribution in [0.4, 0.5) is 11.4 Å². The van der Waals surface area contributed by atoms with Crippen LogP contribution in [0.25, 0.3) is 0 Å². The van der Waals surface area contributed by atoms with Crippen LogP contribution in [0.5, 0.6) is 0 Å². The molecular formula is C18H16BrN3O2. The van der Waals surface area contributed by atoms with E-state index in [1.807, 2.05) is 43.3 Å². The van der Waals surface area contributed by atoms with Gasteiger partial charge in [-0.25, -0.2) is 5.01 Å². The molecule has 3 rings (SSSR count). The minimum atomic E-state index is -0.283. The third kappa shape index (κ3) is 3.54. The molecule has 0 spiro atoms. The molecule has 0 radical (unpaired) electrons. The van der Waals surface area contributed by atoms with Crippen molar-refractivity contribution >= 4 is 44.8 Å². The monoisotopic (exact) mass is 385 g/mol. The van der Waals surface area contributed by atoms with Crippen molar-refractivity contribution in [2.45, 2.75) is 19.8 Å². The van der Waals surface area contributed by atoms with Gasteiger partial charge < -0.3 is 5.32 Å². The highest BCUT2D eigenvalue weighted by Crippen LogP contribution is 2.22. The van der Waals surface area contributed by atoms with Crippen molar-refractivity contribution in [1.29, 1.82) is 0 Å². The molecule has 0 aromatic heterocycles. The van der Waals surface area contributed by atoms with Crippen LogP contribution < -0.4 is 10.3 Å². The molecule has 122 valence electrons. The number of para-hydroxylation sites is 1. The molecule has 2 amide bonds. The van der Waals surface area contributed by atoms with Gasteiger partial charge in [-0.1, -0.05) is 34.1 Å². The Morgan fingerprint density at radius 1 is 1.17 bits per heavy atom. The zero-order chi connectivity index (χ0) is 17.1. The van der Waals surface area contributed by atoms with E-state index in [0.29, 0.717) is 17.8 Å². The van der Waals surface area contributed by atoms with Crippen LogP contribution in [0, 0.1) is 6.92 Å². The molecule has 0 saturated carbocycles. The van der Waals surface area contributed by atoms with Crippen LogP contribution in [0.3, 0.4) is 0 Å². The fourth-order valence-electron chi connectivity index (χ4n) is 2.45. The van der Waals surface area contributed by atoms with Crippen LogP contribution in [-0.4, -0.2) is 17.5 Å². The van der Waals surface area contributed by atoms with Crippen LogP contribution in [0.2, 0.25) is 0 Å². The van der Waals surface area contributed by atoms with Crippen molar-refractivity contribution in [3.8, 4) is 0 Å². The quantitative estimate of drug-likeness (QED) is 0.871. The number of carbonyl (C=O) groups excluding carboxylic acids is 2. The second-order valence-corrected chi connectivity index (χ2v) is 6.42. The molecule has 0 saturated heterocycles. The molecule has 1 aliphatic heterocycles. The van der Waals surface area contributed by atoms with Crippen molar-refractivity contribution in [1.82, 2.24) is 0 Å². The van der Waals surface area contributed by atoms with Gasteiger partial charge in [0.25, 0.3) is 5.91 Å². The predicted octanol–water partition coefficient (Wildman–Crippen LogP) is 3.88. The Labute approximate surface area is 148 Å². The topological polar surface area (TPSA) is 61.8 Å². The Balaban J connectivity index is 1.82. The van der Waals surface area contributed by atoms with Crippen LogP contribution in [0.1, 0.15) is 18.4 Å². The zero-order valence-electron chi connectivity index (χ0n) is 13.1. The summed E-state index contributed by atoms with van der Waals surface area (Å²) in [4.78, 5) is 24.6. The van der Waals surface area contributed by atoms with E-state index in [9.17, 15) is 9.59 Å². The van der Waals surface area contributed by atoms with Crippen molar-refractivity contribution in [2.24, 2.45) is 5.10 Å². The number of amides is 2. The van der Waals surface area contributed by atoms with Crippen molar-refractivity contribution < 1.29 is 9.59 Å². The lowest BCUT2D eigenvalue weighted by Gasteiger charge is -2.23. The lowest BCUT2D eigenvalue weighted by atomic mass is 10.1. The summed E-state index contributed by atoms with van der Waals surface area (Å²) in [7, 11) is 0. The molecule has 0 fully saturated rings. The van der Waals surface area contributed by atoms with Gasteiger partial charge in [-0.2, -0.15) is 5.10 Å². The molecule has 2 aromatic rings. The summed E-state index contributed by atoms with van der Waals surface area (Å²) in [5.74, 6) is -0.397. The summed E-state index contributed by atoms with van der Waals surface area (Å²) in [6.45, 7) is 1.92. The average Bonchev–Trinajstić information content (AvgIpc) is 2.58. The van der Waals surface area contributed by atoms with E-state index >= 15 is 0 Å². The number of hydrogen-bond donors (Lipinski definition) is 1. The second kappa shape index (κ2) is 6.97. The highest BCUT2D eigenvalue weighted by molar-refractivity contribution is 9.10. The summed E-state index contributed by atoms with van der Waals surface area (Å²) in [6, 6.07) is 14.7. The fraction of sp³-hybridized carbons (Fsp3) is 0.167. The van der Waals surface area contributed by atoms with Gasteiger partial charge in [0.15, 0.2) is 0 Å². The van der Waals surface area contributed by atoms with E-state index in [4.69, 9.17) is 0 Å². The summed E-state index contributed by atoms with van der Waals surface area (Å²) >= 11 is 3.40. The van der Waals surface area contributed by atoms with E-state index in [1.54, 1.807) is 12.1 Å². The first-order valence-corrected chi connectivity index (χ1v) is 8.37. The number of aryl methyl sites for hydroxylation is 1. The van der Waals surface area contributed by atoms with Gasteiger partial charge in [0.05, 0.1) is 5.69 Å². The zero-order valence-corrected chi connectivity index (χ0v) is 14.7. The molecule has 1 N–H and O–H groups in total. The molecule has 1 aliphatic rings. The van der Waals surface area contributed by atoms with E-state index < -0.39 is 0 Å². The van der Waals surface area contributed by atoms with Crippen LogP contribution in [-0.2, 0) is 9.59 Å². The van der Waals surface area contributed by atoms with E-state index in [1.165, 1.54) is 5.01 Å². The maximum atomic E-state index is 12.5. The summed E-state index contributed by atoms with van der Waals surface area (Å²) in [6.07, 6.45) is 0.601. The number of benzene rings is 2. The first-order valence-electron chi connectivity index (χ1n) is 7.57. The number of nitrogens with one attached hydrogen (secondary N) is 1. The Bertz CT molecular complexity index is 818. The Hall–Kier alpha value is -2.47. The van der Waals surface area contributed by atoms with Crippen molar-refractivity contribution in [3.05, 3.63) is 58.6 Å². The van der Waals surface area contributed by atoms with Gasteiger partial charge in [-0.05, 0) is 42.8 Å². The Morgan fingerprint density at radius 2 is 1.92 bits per heavy atom. The number of anilines is 2. The first kappa shape index (κ1) is 16.4. The number of hydrazone groups is 1. The molecule has 5 nitrogen and oxygen atoms in total. The number of carbonyl (C=O) groups is 2. The number of hydrogen-bond acceptors (Lipinski definition) is 3. The minimum absolute atomic E-state index is 0.113. The van der Waals surface area contributed by atoms with E-state index in [2.05, 4.69) is 26.3 Å². The SMILES string of the molecule is Cc1cc(Br)ccc1NC(=O)C1=NN(c2ccccc2)C(=O)CC1. The lowest BCUT2D eigenvalue weighted by molar-refractivity contribution is -0.118. The number of rotatable bonds is 3. The normalized spacial score (nSPS) is 14.3. The largest absolute Gasteiger partial charge is 0.321 e. The van der Waals surface area contributed by atoms with Gasteiger partial charge in [0.1, 0.15) is 5.71 Å². The van der Waals surface area contributed by atoms with E-state index in [-0.39, 0.29) is 18.2 Å². The Kier molecular flexibility index (Phi) is 4.76. The lowest BCUT2D eigenvalue weighted by Crippen LogP contribution is -2.36. The standard InChI is InChI=1S/C18H16BrN3O2/c1-12-11-13(19)7-8-15(12)20-18(24)16-9-10-17(23)22(21-16)14-5-3-2-4-6-14/h2-8,11H,9-10H2,1H3,(H,20,24). The molecule has 0 atom stereocenters. The molecule has 0 bridgehead atoms. The molecule has 0 unspecified atom stereocenters. The average molecular weight is 386 g/mol. The Morgan fingerprint density at radius 3 is 2.62 bits per heavy atom. The van der Waals surface area contributed by atoms with Gasteiger partial charge in [0.2, 0.25) is 5.91 Å². The number of nitrogens with zero attached hydrogens (tertiary/aromatic N) is 2. The summed E-state index contributed by atoms with van der Waals surface area (Å²) in [5.41, 5.74) is 2.69. The first-order chi connectivity index (χ1) is 11.5. The fourth-order valence-corrected chi connectivity index (χ4v) is 2.92. The second-order valence-electron chi connectivity index (χ2n) is 5.50. The van der Waals surface area contributed by atoms with Gasteiger partial charge in [0, 0.05) is 23.0 Å².